The van der Waals surface area contributed by atoms with E-state index >= 15 is 0 Å². The second-order valence-electron chi connectivity index (χ2n) is 4.10. The zero-order valence-electron chi connectivity index (χ0n) is 9.46. The molecule has 1 aromatic rings. The third kappa shape index (κ3) is 2.78. The lowest BCUT2D eigenvalue weighted by molar-refractivity contribution is 0.0169. The Bertz CT molecular complexity index is 322. The molecule has 0 spiro atoms. The van der Waals surface area contributed by atoms with Crippen molar-refractivity contribution in [2.24, 2.45) is 0 Å². The topological polar surface area (TPSA) is 72.2 Å². The molecule has 6 nitrogen and oxygen atoms in total. The average Bonchev–Trinajstić information content (AvgIpc) is 2.64. The fraction of sp³-hybridized carbons (Fsp3) is 0.800. The van der Waals surface area contributed by atoms with E-state index in [-0.39, 0.29) is 6.61 Å². The Kier molecular flexibility index (Phi) is 3.87. The zero-order valence-corrected chi connectivity index (χ0v) is 9.46. The molecule has 0 bridgehead atoms. The van der Waals surface area contributed by atoms with Gasteiger partial charge in [0.1, 0.15) is 0 Å². The molecule has 1 saturated carbocycles. The summed E-state index contributed by atoms with van der Waals surface area (Å²) in [6.07, 6.45) is 4.42. The minimum Gasteiger partial charge on any atom is -0.394 e. The van der Waals surface area contributed by atoms with E-state index in [1.165, 1.54) is 0 Å². The second kappa shape index (κ2) is 5.38. The molecule has 1 aromatic heterocycles. The molecule has 0 radical (unpaired) electrons. The van der Waals surface area contributed by atoms with E-state index in [2.05, 4.69) is 15.6 Å². The van der Waals surface area contributed by atoms with Crippen LogP contribution in [-0.4, -0.2) is 46.0 Å². The molecule has 1 aliphatic rings. The summed E-state index contributed by atoms with van der Waals surface area (Å²) < 4.78 is 6.85. The highest BCUT2D eigenvalue weighted by Crippen LogP contribution is 2.22. The molecule has 6 heteroatoms. The van der Waals surface area contributed by atoms with Crippen molar-refractivity contribution >= 4 is 0 Å². The van der Waals surface area contributed by atoms with Crippen LogP contribution in [0.1, 0.15) is 18.5 Å². The minimum atomic E-state index is 0.0916. The monoisotopic (exact) mass is 226 g/mol. The van der Waals surface area contributed by atoms with Crippen molar-refractivity contribution in [1.29, 1.82) is 0 Å². The van der Waals surface area contributed by atoms with Crippen molar-refractivity contribution in [2.75, 3.05) is 13.7 Å². The summed E-state index contributed by atoms with van der Waals surface area (Å²) in [5.74, 6) is 0. The number of nitrogens with one attached hydrogen (secondary N) is 1. The zero-order chi connectivity index (χ0) is 11.4. The van der Waals surface area contributed by atoms with E-state index in [1.807, 2.05) is 6.20 Å². The number of hydrogen-bond donors (Lipinski definition) is 2. The van der Waals surface area contributed by atoms with Gasteiger partial charge in [0.15, 0.2) is 0 Å². The van der Waals surface area contributed by atoms with Crippen molar-refractivity contribution in [3.8, 4) is 0 Å². The Morgan fingerprint density at radius 3 is 3.12 bits per heavy atom. The van der Waals surface area contributed by atoms with Gasteiger partial charge in [-0.1, -0.05) is 5.21 Å². The molecule has 0 atom stereocenters. The van der Waals surface area contributed by atoms with E-state index in [1.54, 1.807) is 11.8 Å². The number of nitrogens with zero attached hydrogens (tertiary/aromatic N) is 3. The van der Waals surface area contributed by atoms with Crippen LogP contribution in [0, 0.1) is 0 Å². The lowest BCUT2D eigenvalue weighted by Gasteiger charge is -2.34. The lowest BCUT2D eigenvalue weighted by atomic mass is 9.89. The first kappa shape index (κ1) is 11.5. The van der Waals surface area contributed by atoms with Crippen LogP contribution in [0.3, 0.4) is 0 Å². The Balaban J connectivity index is 1.69. The summed E-state index contributed by atoms with van der Waals surface area (Å²) in [5.41, 5.74) is 0.911. The molecule has 0 saturated heterocycles. The van der Waals surface area contributed by atoms with E-state index in [0.717, 1.165) is 25.1 Å². The smallest absolute Gasteiger partial charge is 0.0964 e. The summed E-state index contributed by atoms with van der Waals surface area (Å²) in [5, 5.41) is 20.0. The molecule has 0 aliphatic heterocycles. The van der Waals surface area contributed by atoms with E-state index in [9.17, 15) is 0 Å². The first-order valence-electron chi connectivity index (χ1n) is 5.58. The molecule has 1 heterocycles. The van der Waals surface area contributed by atoms with Crippen LogP contribution in [0.2, 0.25) is 0 Å². The number of aliphatic hydroxyl groups is 1. The molecule has 0 aromatic carbocycles. The summed E-state index contributed by atoms with van der Waals surface area (Å²) in [7, 11) is 1.75. The third-order valence-corrected chi connectivity index (χ3v) is 2.92. The average molecular weight is 226 g/mol. The molecule has 2 rings (SSSR count). The van der Waals surface area contributed by atoms with Crippen molar-refractivity contribution in [2.45, 2.75) is 38.1 Å². The molecular formula is C10H18N4O2. The summed E-state index contributed by atoms with van der Waals surface area (Å²) in [6.45, 7) is 1.32. The van der Waals surface area contributed by atoms with Crippen LogP contribution in [0.5, 0.6) is 0 Å². The fourth-order valence-electron chi connectivity index (χ4n) is 1.80. The molecule has 90 valence electrons. The molecule has 0 amide bonds. The van der Waals surface area contributed by atoms with Gasteiger partial charge in [0, 0.05) is 25.9 Å². The molecule has 0 unspecified atom stereocenters. The van der Waals surface area contributed by atoms with Crippen LogP contribution in [-0.2, 0) is 17.8 Å². The largest absolute Gasteiger partial charge is 0.394 e. The van der Waals surface area contributed by atoms with Crippen molar-refractivity contribution in [1.82, 2.24) is 20.3 Å². The number of aliphatic hydroxyl groups excluding tert-OH is 1. The van der Waals surface area contributed by atoms with Gasteiger partial charge in [-0.2, -0.15) is 0 Å². The number of rotatable bonds is 6. The standard InChI is InChI=1S/C10H18N4O2/c1-16-10-4-8(5-10)11-6-9-7-14(2-3-15)13-12-9/h7-8,10-11,15H,2-6H2,1H3. The molecular weight excluding hydrogens is 208 g/mol. The molecule has 1 fully saturated rings. The third-order valence-electron chi connectivity index (χ3n) is 2.92. The molecule has 2 N–H and O–H groups in total. The summed E-state index contributed by atoms with van der Waals surface area (Å²) in [6, 6.07) is 0.535. The number of aromatic nitrogens is 3. The SMILES string of the molecule is COC1CC(NCc2cn(CCO)nn2)C1. The Labute approximate surface area is 94.6 Å². The van der Waals surface area contributed by atoms with Crippen molar-refractivity contribution in [3.63, 3.8) is 0 Å². The lowest BCUT2D eigenvalue weighted by Crippen LogP contribution is -2.44. The van der Waals surface area contributed by atoms with Crippen molar-refractivity contribution < 1.29 is 9.84 Å². The van der Waals surface area contributed by atoms with Gasteiger partial charge < -0.3 is 15.2 Å². The van der Waals surface area contributed by atoms with E-state index in [4.69, 9.17) is 9.84 Å². The predicted molar refractivity (Wildman–Crippen MR) is 57.8 cm³/mol. The maximum absolute atomic E-state index is 8.73. The molecule has 1 aliphatic carbocycles. The van der Waals surface area contributed by atoms with Crippen LogP contribution in [0.25, 0.3) is 0 Å². The van der Waals surface area contributed by atoms with Gasteiger partial charge >= 0.3 is 0 Å². The van der Waals surface area contributed by atoms with E-state index in [0.29, 0.717) is 18.7 Å². The minimum absolute atomic E-state index is 0.0916. The van der Waals surface area contributed by atoms with Crippen LogP contribution in [0.15, 0.2) is 6.20 Å². The van der Waals surface area contributed by atoms with E-state index < -0.39 is 0 Å². The van der Waals surface area contributed by atoms with Crippen LogP contribution in [0.4, 0.5) is 0 Å². The Morgan fingerprint density at radius 2 is 2.44 bits per heavy atom. The normalized spacial score (nSPS) is 24.4. The van der Waals surface area contributed by atoms with Crippen LogP contribution < -0.4 is 5.32 Å². The fourth-order valence-corrected chi connectivity index (χ4v) is 1.80. The Morgan fingerprint density at radius 1 is 1.62 bits per heavy atom. The van der Waals surface area contributed by atoms with Gasteiger partial charge in [0.25, 0.3) is 0 Å². The van der Waals surface area contributed by atoms with Gasteiger partial charge in [0.2, 0.25) is 0 Å². The Hall–Kier alpha value is -0.980. The molecule has 16 heavy (non-hydrogen) atoms. The quantitative estimate of drug-likeness (QED) is 0.686. The first-order chi connectivity index (χ1) is 7.81. The first-order valence-corrected chi connectivity index (χ1v) is 5.58. The number of methoxy groups -OCH3 is 1. The maximum Gasteiger partial charge on any atom is 0.0964 e. The number of ether oxygens (including phenoxy) is 1. The van der Waals surface area contributed by atoms with Gasteiger partial charge in [-0.25, -0.2) is 4.68 Å². The van der Waals surface area contributed by atoms with Crippen LogP contribution >= 0.6 is 0 Å². The summed E-state index contributed by atoms with van der Waals surface area (Å²) >= 11 is 0. The van der Waals surface area contributed by atoms with Gasteiger partial charge in [-0.05, 0) is 12.8 Å². The van der Waals surface area contributed by atoms with Crippen molar-refractivity contribution in [3.05, 3.63) is 11.9 Å². The second-order valence-corrected chi connectivity index (χ2v) is 4.10. The van der Waals surface area contributed by atoms with Gasteiger partial charge in [0.05, 0.1) is 24.9 Å². The highest BCUT2D eigenvalue weighted by molar-refractivity contribution is 4.94. The summed E-state index contributed by atoms with van der Waals surface area (Å²) in [4.78, 5) is 0. The van der Waals surface area contributed by atoms with Gasteiger partial charge in [-0.3, -0.25) is 0 Å². The number of hydrogen-bond acceptors (Lipinski definition) is 5. The van der Waals surface area contributed by atoms with Gasteiger partial charge in [-0.15, -0.1) is 5.10 Å². The maximum atomic E-state index is 8.73. The highest BCUT2D eigenvalue weighted by atomic mass is 16.5. The highest BCUT2D eigenvalue weighted by Gasteiger charge is 2.28. The predicted octanol–water partition coefficient (Wildman–Crippen LogP) is -0.463.